The van der Waals surface area contributed by atoms with Crippen LogP contribution in [0.2, 0.25) is 0 Å². The first-order chi connectivity index (χ1) is 10.2. The average molecular weight is 299 g/mol. The first-order valence-electron chi connectivity index (χ1n) is 6.30. The van der Waals surface area contributed by atoms with Gasteiger partial charge in [-0.05, 0) is 30.3 Å². The Bertz CT molecular complexity index is 785. The van der Waals surface area contributed by atoms with Crippen molar-refractivity contribution in [1.29, 1.82) is 0 Å². The van der Waals surface area contributed by atoms with Crippen LogP contribution in [0.5, 0.6) is 5.75 Å². The highest BCUT2D eigenvalue weighted by molar-refractivity contribution is 7.16. The lowest BCUT2D eigenvalue weighted by molar-refractivity contribution is 0.262. The molecule has 1 aromatic heterocycles. The second kappa shape index (κ2) is 5.80. The Hall–Kier alpha value is -2.60. The van der Waals surface area contributed by atoms with Gasteiger partial charge >= 0.3 is 6.03 Å². The van der Waals surface area contributed by atoms with Gasteiger partial charge in [-0.3, -0.25) is 0 Å². The Balaban J connectivity index is 1.70. The summed E-state index contributed by atoms with van der Waals surface area (Å²) in [5.41, 5.74) is 4.03. The number of hydrogen-bond acceptors (Lipinski definition) is 4. The number of nitrogens with one attached hydrogen (secondary N) is 2. The fourth-order valence-corrected chi connectivity index (χ4v) is 2.59. The summed E-state index contributed by atoms with van der Waals surface area (Å²) in [6.45, 7) is 0. The monoisotopic (exact) mass is 299 g/mol. The summed E-state index contributed by atoms with van der Waals surface area (Å²) in [5, 5.41) is 5.54. The zero-order chi connectivity index (χ0) is 14.7. The molecule has 0 spiro atoms. The maximum atomic E-state index is 12.0. The molecule has 0 aliphatic heterocycles. The van der Waals surface area contributed by atoms with Gasteiger partial charge in [0.25, 0.3) is 0 Å². The number of benzene rings is 2. The van der Waals surface area contributed by atoms with Crippen molar-refractivity contribution in [3.63, 3.8) is 0 Å². The molecule has 2 aromatic carbocycles. The maximum absolute atomic E-state index is 12.0. The number of urea groups is 1. The van der Waals surface area contributed by atoms with Gasteiger partial charge in [-0.2, -0.15) is 0 Å². The summed E-state index contributed by atoms with van der Waals surface area (Å²) in [6.07, 6.45) is 0. The Morgan fingerprint density at radius 3 is 2.76 bits per heavy atom. The van der Waals surface area contributed by atoms with Crippen molar-refractivity contribution in [1.82, 2.24) is 4.98 Å². The number of thiazole rings is 1. The molecule has 2 amide bonds. The minimum Gasteiger partial charge on any atom is -0.497 e. The molecule has 1 heterocycles. The van der Waals surface area contributed by atoms with E-state index in [9.17, 15) is 4.79 Å². The van der Waals surface area contributed by atoms with Gasteiger partial charge in [-0.1, -0.05) is 6.07 Å². The van der Waals surface area contributed by atoms with E-state index in [2.05, 4.69) is 15.6 Å². The van der Waals surface area contributed by atoms with Gasteiger partial charge in [0.2, 0.25) is 0 Å². The fraction of sp³-hybridized carbons (Fsp3) is 0.0667. The van der Waals surface area contributed by atoms with Crippen LogP contribution in [0.4, 0.5) is 16.2 Å². The number of amides is 2. The zero-order valence-corrected chi connectivity index (χ0v) is 12.1. The molecule has 0 fully saturated rings. The molecule has 0 bridgehead atoms. The molecule has 0 saturated heterocycles. The molecule has 21 heavy (non-hydrogen) atoms. The Labute approximate surface area is 125 Å². The molecule has 5 nitrogen and oxygen atoms in total. The van der Waals surface area contributed by atoms with Gasteiger partial charge in [0.15, 0.2) is 0 Å². The van der Waals surface area contributed by atoms with Crippen LogP contribution in [-0.2, 0) is 0 Å². The van der Waals surface area contributed by atoms with Crippen molar-refractivity contribution < 1.29 is 9.53 Å². The van der Waals surface area contributed by atoms with E-state index in [0.717, 1.165) is 10.2 Å². The van der Waals surface area contributed by atoms with E-state index in [1.165, 1.54) is 0 Å². The number of carbonyl (C=O) groups excluding carboxylic acids is 1. The second-order valence-corrected chi connectivity index (χ2v) is 5.23. The minimum absolute atomic E-state index is 0.308. The van der Waals surface area contributed by atoms with Gasteiger partial charge in [0.05, 0.1) is 22.8 Å². The van der Waals surface area contributed by atoms with Crippen LogP contribution in [0.3, 0.4) is 0 Å². The van der Waals surface area contributed by atoms with Crippen LogP contribution in [0.15, 0.2) is 48.0 Å². The number of ether oxygens (including phenoxy) is 1. The molecule has 3 aromatic rings. The molecule has 106 valence electrons. The Morgan fingerprint density at radius 1 is 1.14 bits per heavy atom. The number of rotatable bonds is 3. The third-order valence-electron chi connectivity index (χ3n) is 2.92. The topological polar surface area (TPSA) is 63.2 Å². The highest BCUT2D eigenvalue weighted by Gasteiger charge is 2.05. The summed E-state index contributed by atoms with van der Waals surface area (Å²) in [4.78, 5) is 16.2. The molecule has 0 aliphatic carbocycles. The van der Waals surface area contributed by atoms with E-state index >= 15 is 0 Å². The third kappa shape index (κ3) is 3.11. The number of aromatic nitrogens is 1. The predicted octanol–water partition coefficient (Wildman–Crippen LogP) is 3.95. The Morgan fingerprint density at radius 2 is 1.95 bits per heavy atom. The predicted molar refractivity (Wildman–Crippen MR) is 85.3 cm³/mol. The third-order valence-corrected chi connectivity index (χ3v) is 3.73. The number of hydrogen-bond donors (Lipinski definition) is 2. The van der Waals surface area contributed by atoms with Gasteiger partial charge in [0, 0.05) is 17.4 Å². The molecule has 3 rings (SSSR count). The van der Waals surface area contributed by atoms with Gasteiger partial charge < -0.3 is 15.4 Å². The van der Waals surface area contributed by atoms with E-state index in [-0.39, 0.29) is 6.03 Å². The number of carbonyl (C=O) groups is 1. The molecule has 6 heteroatoms. The van der Waals surface area contributed by atoms with E-state index < -0.39 is 0 Å². The van der Waals surface area contributed by atoms with Crippen molar-refractivity contribution in [3.8, 4) is 5.75 Å². The number of nitrogens with zero attached hydrogens (tertiary/aromatic N) is 1. The highest BCUT2D eigenvalue weighted by atomic mass is 32.1. The van der Waals surface area contributed by atoms with E-state index in [1.54, 1.807) is 36.1 Å². The van der Waals surface area contributed by atoms with Gasteiger partial charge in [-0.15, -0.1) is 11.3 Å². The van der Waals surface area contributed by atoms with Crippen LogP contribution in [0, 0.1) is 0 Å². The van der Waals surface area contributed by atoms with Crippen molar-refractivity contribution in [2.24, 2.45) is 0 Å². The zero-order valence-electron chi connectivity index (χ0n) is 11.3. The second-order valence-electron chi connectivity index (χ2n) is 4.35. The maximum Gasteiger partial charge on any atom is 0.323 e. The molecular weight excluding hydrogens is 286 g/mol. The summed E-state index contributed by atoms with van der Waals surface area (Å²) < 4.78 is 6.21. The van der Waals surface area contributed by atoms with Crippen molar-refractivity contribution in [3.05, 3.63) is 48.0 Å². The normalized spacial score (nSPS) is 10.3. The number of methoxy groups -OCH3 is 1. The molecule has 0 aliphatic rings. The lowest BCUT2D eigenvalue weighted by Gasteiger charge is -2.08. The summed E-state index contributed by atoms with van der Waals surface area (Å²) in [7, 11) is 1.59. The standard InChI is InChI=1S/C15H13N3O2S/c1-20-12-4-2-3-10(7-12)17-15(19)18-11-5-6-14-13(8-11)16-9-21-14/h2-9H,1H3,(H2,17,18,19). The van der Waals surface area contributed by atoms with Crippen molar-refractivity contribution >= 4 is 39.0 Å². The summed E-state index contributed by atoms with van der Waals surface area (Å²) >= 11 is 1.57. The lowest BCUT2D eigenvalue weighted by Crippen LogP contribution is -2.19. The molecule has 2 N–H and O–H groups in total. The highest BCUT2D eigenvalue weighted by Crippen LogP contribution is 2.22. The fourth-order valence-electron chi connectivity index (χ4n) is 1.93. The van der Waals surface area contributed by atoms with Crippen molar-refractivity contribution in [2.45, 2.75) is 0 Å². The lowest BCUT2D eigenvalue weighted by atomic mass is 10.3. The summed E-state index contributed by atoms with van der Waals surface area (Å²) in [6, 6.07) is 12.5. The smallest absolute Gasteiger partial charge is 0.323 e. The Kier molecular flexibility index (Phi) is 3.70. The van der Waals surface area contributed by atoms with Crippen LogP contribution in [-0.4, -0.2) is 18.1 Å². The van der Waals surface area contributed by atoms with Crippen LogP contribution in [0.1, 0.15) is 0 Å². The molecule has 0 atom stereocenters. The summed E-state index contributed by atoms with van der Waals surface area (Å²) in [5.74, 6) is 0.691. The molecular formula is C15H13N3O2S. The largest absolute Gasteiger partial charge is 0.497 e. The van der Waals surface area contributed by atoms with E-state index in [4.69, 9.17) is 4.74 Å². The van der Waals surface area contributed by atoms with Gasteiger partial charge in [-0.25, -0.2) is 9.78 Å². The number of anilines is 2. The van der Waals surface area contributed by atoms with Crippen molar-refractivity contribution in [2.75, 3.05) is 17.7 Å². The quantitative estimate of drug-likeness (QED) is 0.769. The number of fused-ring (bicyclic) bond motifs is 1. The van der Waals surface area contributed by atoms with Crippen LogP contribution in [0.25, 0.3) is 10.2 Å². The molecule has 0 saturated carbocycles. The van der Waals surface area contributed by atoms with Crippen LogP contribution >= 0.6 is 11.3 Å². The average Bonchev–Trinajstić information content (AvgIpc) is 2.95. The van der Waals surface area contributed by atoms with Gasteiger partial charge in [0.1, 0.15) is 5.75 Å². The van der Waals surface area contributed by atoms with E-state index in [1.807, 2.05) is 30.3 Å². The van der Waals surface area contributed by atoms with E-state index in [0.29, 0.717) is 17.1 Å². The first kappa shape index (κ1) is 13.4. The first-order valence-corrected chi connectivity index (χ1v) is 7.18. The minimum atomic E-state index is -0.308. The molecule has 0 unspecified atom stereocenters. The molecule has 0 radical (unpaired) electrons. The SMILES string of the molecule is COc1cccc(NC(=O)Nc2ccc3scnc3c2)c1. The van der Waals surface area contributed by atoms with Crippen LogP contribution < -0.4 is 15.4 Å².